The topological polar surface area (TPSA) is 44.5 Å². The molecule has 0 saturated carbocycles. The molecule has 28 heavy (non-hydrogen) atoms. The van der Waals surface area contributed by atoms with Gasteiger partial charge in [-0.05, 0) is 35.9 Å². The Kier molecular flexibility index (Phi) is 4.47. The highest BCUT2D eigenvalue weighted by Crippen LogP contribution is 2.30. The van der Waals surface area contributed by atoms with Crippen LogP contribution in [0.3, 0.4) is 0 Å². The molecule has 0 atom stereocenters. The Hall–Kier alpha value is -2.89. The number of fused-ring (bicyclic) bond motifs is 3. The number of anilines is 1. The lowest BCUT2D eigenvalue weighted by atomic mass is 10.1. The lowest BCUT2D eigenvalue weighted by Crippen LogP contribution is -2.45. The average molecular weight is 372 g/mol. The van der Waals surface area contributed by atoms with Crippen LogP contribution < -0.4 is 4.90 Å². The van der Waals surface area contributed by atoms with E-state index in [9.17, 15) is 5.11 Å². The van der Waals surface area contributed by atoms with Gasteiger partial charge < -0.3 is 14.6 Å². The Morgan fingerprint density at radius 2 is 1.71 bits per heavy atom. The van der Waals surface area contributed by atoms with E-state index >= 15 is 0 Å². The van der Waals surface area contributed by atoms with Crippen molar-refractivity contribution in [1.29, 1.82) is 0 Å². The van der Waals surface area contributed by atoms with Gasteiger partial charge in [0.1, 0.15) is 6.73 Å². The minimum atomic E-state index is -0.00987. The number of aliphatic hydroxyl groups excluding tert-OH is 1. The van der Waals surface area contributed by atoms with Crippen molar-refractivity contribution in [1.82, 2.24) is 14.5 Å². The van der Waals surface area contributed by atoms with Gasteiger partial charge in [-0.3, -0.25) is 9.88 Å². The molecule has 1 aliphatic rings. The first-order valence-electron chi connectivity index (χ1n) is 9.82. The molecule has 0 amide bonds. The van der Waals surface area contributed by atoms with Crippen LogP contribution in [0, 0.1) is 0 Å². The summed E-state index contributed by atoms with van der Waals surface area (Å²) in [6, 6.07) is 18.9. The fourth-order valence-electron chi connectivity index (χ4n) is 4.32. The largest absolute Gasteiger partial charge is 0.376 e. The van der Waals surface area contributed by atoms with Gasteiger partial charge in [0, 0.05) is 61.6 Å². The molecule has 2 aromatic carbocycles. The first-order chi connectivity index (χ1) is 13.8. The van der Waals surface area contributed by atoms with Gasteiger partial charge in [0.15, 0.2) is 0 Å². The van der Waals surface area contributed by atoms with E-state index in [4.69, 9.17) is 0 Å². The van der Waals surface area contributed by atoms with E-state index in [0.29, 0.717) is 0 Å². The van der Waals surface area contributed by atoms with Gasteiger partial charge in [0.05, 0.1) is 11.0 Å². The number of hydrogen-bond donors (Lipinski definition) is 1. The van der Waals surface area contributed by atoms with Crippen LogP contribution >= 0.6 is 0 Å². The van der Waals surface area contributed by atoms with E-state index in [0.717, 1.165) is 49.1 Å². The van der Waals surface area contributed by atoms with Gasteiger partial charge in [-0.15, -0.1) is 0 Å². The van der Waals surface area contributed by atoms with E-state index < -0.39 is 0 Å². The fraction of sp³-hybridized carbons (Fsp3) is 0.261. The number of aromatic nitrogens is 2. The van der Waals surface area contributed by atoms with E-state index in [1.807, 2.05) is 22.9 Å². The quantitative estimate of drug-likeness (QED) is 0.596. The Bertz CT molecular complexity index is 1100. The molecule has 1 aliphatic heterocycles. The molecule has 0 spiro atoms. The second-order valence-electron chi connectivity index (χ2n) is 7.39. The smallest absolute Gasteiger partial charge is 0.119 e. The highest BCUT2D eigenvalue weighted by molar-refractivity contribution is 6.07. The molecule has 3 heterocycles. The summed E-state index contributed by atoms with van der Waals surface area (Å²) < 4.78 is 1.93. The van der Waals surface area contributed by atoms with Crippen LogP contribution in [0.5, 0.6) is 0 Å². The normalized spacial score (nSPS) is 15.5. The number of para-hydroxylation sites is 1. The van der Waals surface area contributed by atoms with Crippen molar-refractivity contribution in [2.24, 2.45) is 0 Å². The summed E-state index contributed by atoms with van der Waals surface area (Å²) in [5.74, 6) is 0. The van der Waals surface area contributed by atoms with Crippen molar-refractivity contribution < 1.29 is 5.11 Å². The van der Waals surface area contributed by atoms with E-state index in [2.05, 4.69) is 63.4 Å². The molecule has 0 unspecified atom stereocenters. The third-order valence-corrected chi connectivity index (χ3v) is 5.75. The number of pyridine rings is 1. The molecule has 5 rings (SSSR count). The zero-order chi connectivity index (χ0) is 18.9. The molecule has 0 radical (unpaired) electrons. The van der Waals surface area contributed by atoms with E-state index in [1.165, 1.54) is 16.6 Å². The number of nitrogens with zero attached hydrogens (tertiary/aromatic N) is 4. The zero-order valence-corrected chi connectivity index (χ0v) is 15.8. The highest BCUT2D eigenvalue weighted by atomic mass is 16.3. The molecule has 4 aromatic rings. The highest BCUT2D eigenvalue weighted by Gasteiger charge is 2.20. The minimum absolute atomic E-state index is 0.00987. The standard InChI is InChI=1S/C23H24N4O/c28-17-27-16-18(23-20-7-4-10-24-21(20)8-9-22(23)27)15-25-11-13-26(14-12-25)19-5-2-1-3-6-19/h1-10,16,28H,11-15,17H2. The summed E-state index contributed by atoms with van der Waals surface area (Å²) in [6.45, 7) is 5.01. The first kappa shape index (κ1) is 17.2. The number of hydrogen-bond acceptors (Lipinski definition) is 4. The lowest BCUT2D eigenvalue weighted by Gasteiger charge is -2.36. The van der Waals surface area contributed by atoms with Crippen LogP contribution in [0.1, 0.15) is 5.56 Å². The van der Waals surface area contributed by atoms with Crippen molar-refractivity contribution in [3.63, 3.8) is 0 Å². The third-order valence-electron chi connectivity index (χ3n) is 5.75. The molecule has 5 nitrogen and oxygen atoms in total. The van der Waals surface area contributed by atoms with Gasteiger partial charge >= 0.3 is 0 Å². The molecular formula is C23H24N4O. The maximum atomic E-state index is 9.81. The first-order valence-corrected chi connectivity index (χ1v) is 9.82. The van der Waals surface area contributed by atoms with Crippen molar-refractivity contribution in [3.05, 3.63) is 72.6 Å². The lowest BCUT2D eigenvalue weighted by molar-refractivity contribution is 0.214. The van der Waals surface area contributed by atoms with E-state index in [1.54, 1.807) is 0 Å². The molecule has 2 aromatic heterocycles. The maximum absolute atomic E-state index is 9.81. The van der Waals surface area contributed by atoms with Crippen LogP contribution in [0.2, 0.25) is 0 Å². The Morgan fingerprint density at radius 3 is 2.50 bits per heavy atom. The maximum Gasteiger partial charge on any atom is 0.119 e. The van der Waals surface area contributed by atoms with Gasteiger partial charge in [-0.25, -0.2) is 0 Å². The Labute approximate surface area is 164 Å². The number of rotatable bonds is 4. The zero-order valence-electron chi connectivity index (χ0n) is 15.8. The predicted molar refractivity (Wildman–Crippen MR) is 113 cm³/mol. The molecule has 142 valence electrons. The summed E-state index contributed by atoms with van der Waals surface area (Å²) in [6.07, 6.45) is 3.93. The van der Waals surface area contributed by atoms with E-state index in [-0.39, 0.29) is 6.73 Å². The van der Waals surface area contributed by atoms with Crippen molar-refractivity contribution >= 4 is 27.5 Å². The van der Waals surface area contributed by atoms with Crippen LogP contribution in [-0.2, 0) is 13.3 Å². The van der Waals surface area contributed by atoms with Crippen molar-refractivity contribution in [2.45, 2.75) is 13.3 Å². The van der Waals surface area contributed by atoms with Crippen molar-refractivity contribution in [3.8, 4) is 0 Å². The second kappa shape index (κ2) is 7.26. The molecule has 0 aliphatic carbocycles. The second-order valence-corrected chi connectivity index (χ2v) is 7.39. The monoisotopic (exact) mass is 372 g/mol. The molecular weight excluding hydrogens is 348 g/mol. The third kappa shape index (κ3) is 3.03. The Balaban J connectivity index is 1.42. The van der Waals surface area contributed by atoms with Crippen LogP contribution in [0.4, 0.5) is 5.69 Å². The van der Waals surface area contributed by atoms with Gasteiger partial charge in [0.25, 0.3) is 0 Å². The Morgan fingerprint density at radius 1 is 0.893 bits per heavy atom. The summed E-state index contributed by atoms with van der Waals surface area (Å²) >= 11 is 0. The molecule has 1 fully saturated rings. The van der Waals surface area contributed by atoms with Crippen LogP contribution in [0.15, 0.2) is 67.0 Å². The molecule has 1 N–H and O–H groups in total. The minimum Gasteiger partial charge on any atom is -0.376 e. The summed E-state index contributed by atoms with van der Waals surface area (Å²) in [4.78, 5) is 9.46. The molecule has 1 saturated heterocycles. The van der Waals surface area contributed by atoms with Gasteiger partial charge in [0.2, 0.25) is 0 Å². The number of benzene rings is 2. The van der Waals surface area contributed by atoms with Gasteiger partial charge in [-0.1, -0.05) is 24.3 Å². The molecule has 0 bridgehead atoms. The van der Waals surface area contributed by atoms with Gasteiger partial charge in [-0.2, -0.15) is 0 Å². The summed E-state index contributed by atoms with van der Waals surface area (Å²) in [5.41, 5.74) is 4.63. The summed E-state index contributed by atoms with van der Waals surface area (Å²) in [5, 5.41) is 12.2. The molecule has 5 heteroatoms. The van der Waals surface area contributed by atoms with Crippen molar-refractivity contribution in [2.75, 3.05) is 31.1 Å². The predicted octanol–water partition coefficient (Wildman–Crippen LogP) is 3.46. The summed E-state index contributed by atoms with van der Waals surface area (Å²) in [7, 11) is 0. The van der Waals surface area contributed by atoms with Crippen LogP contribution in [-0.4, -0.2) is 45.7 Å². The SMILES string of the molecule is OCn1cc(CN2CCN(c3ccccc3)CC2)c2c3cccnc3ccc21. The average Bonchev–Trinajstić information content (AvgIpc) is 3.13. The van der Waals surface area contributed by atoms with Crippen LogP contribution in [0.25, 0.3) is 21.8 Å². The number of aliphatic hydroxyl groups is 1. The fourth-order valence-corrected chi connectivity index (χ4v) is 4.32. The number of piperazine rings is 1.